The van der Waals surface area contributed by atoms with Gasteiger partial charge in [-0.15, -0.1) is 0 Å². The molecule has 2 N–H and O–H groups in total. The topological polar surface area (TPSA) is 106 Å². The Morgan fingerprint density at radius 3 is 2.23 bits per heavy atom. The fourth-order valence-electron chi connectivity index (χ4n) is 5.21. The van der Waals surface area contributed by atoms with Crippen molar-refractivity contribution in [1.82, 2.24) is 4.57 Å². The van der Waals surface area contributed by atoms with E-state index >= 15 is 0 Å². The lowest BCUT2D eigenvalue weighted by molar-refractivity contribution is -0.138. The second-order valence-electron chi connectivity index (χ2n) is 9.88. The summed E-state index contributed by atoms with van der Waals surface area (Å²) in [5.74, 6) is -1.13. The summed E-state index contributed by atoms with van der Waals surface area (Å²) in [6, 6.07) is 21.8. The van der Waals surface area contributed by atoms with Gasteiger partial charge in [-0.05, 0) is 47.2 Å². The van der Waals surface area contributed by atoms with Crippen molar-refractivity contribution < 1.29 is 29.3 Å². The molecule has 3 aromatic carbocycles. The first-order valence-electron chi connectivity index (χ1n) is 12.9. The molecule has 1 aliphatic rings. The van der Waals surface area contributed by atoms with E-state index in [0.717, 1.165) is 29.7 Å². The third kappa shape index (κ3) is 6.09. The van der Waals surface area contributed by atoms with E-state index in [2.05, 4.69) is 24.3 Å². The number of carbonyl (C=O) groups excluding carboxylic acids is 1. The van der Waals surface area contributed by atoms with Gasteiger partial charge in [-0.25, -0.2) is 0 Å². The van der Waals surface area contributed by atoms with E-state index in [9.17, 15) is 19.5 Å². The summed E-state index contributed by atoms with van der Waals surface area (Å²) in [7, 11) is 0. The maximum atomic E-state index is 12.7. The molecule has 7 nitrogen and oxygen atoms in total. The van der Waals surface area contributed by atoms with Gasteiger partial charge in [-0.3, -0.25) is 14.4 Å². The Bertz CT molecular complexity index is 1540. The van der Waals surface area contributed by atoms with Gasteiger partial charge >= 0.3 is 11.9 Å². The molecule has 4 aromatic rings. The minimum Gasteiger partial charge on any atom is -0.493 e. The van der Waals surface area contributed by atoms with Crippen LogP contribution in [-0.2, 0) is 29.0 Å². The Morgan fingerprint density at radius 2 is 1.56 bits per heavy atom. The zero-order valence-electron chi connectivity index (χ0n) is 21.4. The molecule has 0 unspecified atom stereocenters. The van der Waals surface area contributed by atoms with Crippen LogP contribution in [0.4, 0.5) is 0 Å². The molecule has 198 valence electrons. The number of carboxylic acid groups (broad SMARTS) is 2. The Kier molecular flexibility index (Phi) is 7.59. The number of carboxylic acids is 2. The molecule has 0 saturated carbocycles. The summed E-state index contributed by atoms with van der Waals surface area (Å²) in [6.45, 7) is 0.353. The van der Waals surface area contributed by atoms with E-state index in [1.165, 1.54) is 21.9 Å². The largest absolute Gasteiger partial charge is 0.493 e. The van der Waals surface area contributed by atoms with Gasteiger partial charge in [0.05, 0.1) is 18.5 Å². The van der Waals surface area contributed by atoms with Crippen molar-refractivity contribution in [2.24, 2.45) is 5.92 Å². The number of fused-ring (bicyclic) bond motifs is 2. The van der Waals surface area contributed by atoms with E-state index in [-0.39, 0.29) is 25.2 Å². The van der Waals surface area contributed by atoms with Crippen LogP contribution in [0.15, 0.2) is 72.9 Å². The highest BCUT2D eigenvalue weighted by molar-refractivity contribution is 6.10. The van der Waals surface area contributed by atoms with Crippen molar-refractivity contribution in [2.75, 3.05) is 6.61 Å². The number of rotatable bonds is 11. The third-order valence-corrected chi connectivity index (χ3v) is 7.06. The molecule has 0 aliphatic heterocycles. The number of hydrogen-bond acceptors (Lipinski definition) is 4. The van der Waals surface area contributed by atoms with Gasteiger partial charge in [-0.2, -0.15) is 0 Å². The lowest BCUT2D eigenvalue weighted by atomic mass is 10.0. The summed E-state index contributed by atoms with van der Waals surface area (Å²) in [5.41, 5.74) is 5.47. The Morgan fingerprint density at radius 1 is 0.846 bits per heavy atom. The SMILES string of the molecule is O=C(O)CCC(=O)c1cn(CC(=O)O)c2c(C=Cc3ccc(OCC4Cc5ccccc5C4)cc3)cccc12. The Hall–Kier alpha value is -4.65. The average molecular weight is 524 g/mol. The van der Waals surface area contributed by atoms with Crippen LogP contribution in [0, 0.1) is 5.92 Å². The monoisotopic (exact) mass is 523 g/mol. The van der Waals surface area contributed by atoms with Crippen molar-refractivity contribution >= 4 is 40.8 Å². The fraction of sp³-hybridized carbons (Fsp3) is 0.219. The van der Waals surface area contributed by atoms with Crippen molar-refractivity contribution in [2.45, 2.75) is 32.2 Å². The zero-order valence-corrected chi connectivity index (χ0v) is 21.4. The minimum atomic E-state index is -1.05. The molecule has 7 heteroatoms. The first-order valence-corrected chi connectivity index (χ1v) is 12.9. The van der Waals surface area contributed by atoms with Crippen LogP contribution in [0.1, 0.15) is 45.5 Å². The van der Waals surface area contributed by atoms with E-state index in [1.807, 2.05) is 42.5 Å². The van der Waals surface area contributed by atoms with Gasteiger partial charge < -0.3 is 19.5 Å². The van der Waals surface area contributed by atoms with Crippen molar-refractivity contribution in [3.63, 3.8) is 0 Å². The number of aromatic nitrogens is 1. The predicted molar refractivity (Wildman–Crippen MR) is 149 cm³/mol. The number of nitrogens with zero attached hydrogens (tertiary/aromatic N) is 1. The van der Waals surface area contributed by atoms with Crippen LogP contribution < -0.4 is 4.74 Å². The van der Waals surface area contributed by atoms with E-state index < -0.39 is 11.9 Å². The molecule has 0 bridgehead atoms. The van der Waals surface area contributed by atoms with Gasteiger partial charge in [0, 0.05) is 29.5 Å². The zero-order chi connectivity index (χ0) is 27.4. The first-order chi connectivity index (χ1) is 18.9. The standard InChI is InChI=1S/C32H29NO6/c34-29(14-15-30(35)36)28-18-33(19-31(37)38)32-23(6-3-7-27(28)32)11-8-21-9-12-26(13-10-21)39-20-22-16-24-4-1-2-5-25(24)17-22/h1-13,18,22H,14-17,19-20H2,(H,35,36)(H,37,38). The number of ether oxygens (including phenoxy) is 1. The van der Waals surface area contributed by atoms with E-state index in [4.69, 9.17) is 9.84 Å². The highest BCUT2D eigenvalue weighted by Crippen LogP contribution is 2.29. The molecule has 0 atom stereocenters. The minimum absolute atomic E-state index is 0.149. The highest BCUT2D eigenvalue weighted by Gasteiger charge is 2.21. The van der Waals surface area contributed by atoms with Gasteiger partial charge in [0.15, 0.2) is 5.78 Å². The van der Waals surface area contributed by atoms with Crippen molar-refractivity contribution in [1.29, 1.82) is 0 Å². The second kappa shape index (κ2) is 11.4. The number of para-hydroxylation sites is 1. The van der Waals surface area contributed by atoms with Crippen molar-refractivity contribution in [3.05, 3.63) is 101 Å². The Labute approximate surface area is 226 Å². The number of ketones is 1. The van der Waals surface area contributed by atoms with Gasteiger partial charge in [0.1, 0.15) is 12.3 Å². The smallest absolute Gasteiger partial charge is 0.323 e. The van der Waals surface area contributed by atoms with E-state index in [0.29, 0.717) is 29.0 Å². The quantitative estimate of drug-likeness (QED) is 0.192. The van der Waals surface area contributed by atoms with Crippen LogP contribution in [-0.4, -0.2) is 39.1 Å². The maximum Gasteiger partial charge on any atom is 0.323 e. The van der Waals surface area contributed by atoms with Crippen molar-refractivity contribution in [3.8, 4) is 5.75 Å². The van der Waals surface area contributed by atoms with Gasteiger partial charge in [0.2, 0.25) is 0 Å². The number of aliphatic carboxylic acids is 2. The molecule has 5 rings (SSSR count). The first kappa shape index (κ1) is 26.0. The normalized spacial score (nSPS) is 13.1. The number of hydrogen-bond donors (Lipinski definition) is 2. The number of carbonyl (C=O) groups is 3. The van der Waals surface area contributed by atoms with Gasteiger partial charge in [-0.1, -0.05) is 66.7 Å². The van der Waals surface area contributed by atoms with E-state index in [1.54, 1.807) is 12.1 Å². The van der Waals surface area contributed by atoms with Crippen LogP contribution in [0.25, 0.3) is 23.1 Å². The molecule has 1 heterocycles. The number of Topliss-reactive ketones (excluding diaryl/α,β-unsaturated/α-hetero) is 1. The molecule has 1 aromatic heterocycles. The molecule has 1 aliphatic carbocycles. The summed E-state index contributed by atoms with van der Waals surface area (Å²) < 4.78 is 7.59. The summed E-state index contributed by atoms with van der Waals surface area (Å²) in [5, 5.41) is 19.0. The number of benzene rings is 3. The lowest BCUT2D eigenvalue weighted by Crippen LogP contribution is -2.11. The molecule has 0 amide bonds. The molecular weight excluding hydrogens is 494 g/mol. The molecule has 0 spiro atoms. The summed E-state index contributed by atoms with van der Waals surface area (Å²) >= 11 is 0. The molecule has 0 fully saturated rings. The third-order valence-electron chi connectivity index (χ3n) is 7.06. The molecule has 0 radical (unpaired) electrons. The van der Waals surface area contributed by atoms with Crippen LogP contribution in [0.3, 0.4) is 0 Å². The molecule has 0 saturated heterocycles. The predicted octanol–water partition coefficient (Wildman–Crippen LogP) is 5.74. The average Bonchev–Trinajstić information content (AvgIpc) is 3.51. The highest BCUT2D eigenvalue weighted by atomic mass is 16.5. The summed E-state index contributed by atoms with van der Waals surface area (Å²) in [6.07, 6.45) is 6.98. The van der Waals surface area contributed by atoms with Gasteiger partial charge in [0.25, 0.3) is 0 Å². The Balaban J connectivity index is 1.31. The molecular formula is C32H29NO6. The lowest BCUT2D eigenvalue weighted by Gasteiger charge is -2.11. The maximum absolute atomic E-state index is 12.7. The fourth-order valence-corrected chi connectivity index (χ4v) is 5.21. The van der Waals surface area contributed by atoms with Crippen LogP contribution in [0.2, 0.25) is 0 Å². The van der Waals surface area contributed by atoms with Crippen LogP contribution in [0.5, 0.6) is 5.75 Å². The second-order valence-corrected chi connectivity index (χ2v) is 9.88. The van der Waals surface area contributed by atoms with Crippen LogP contribution >= 0.6 is 0 Å². The summed E-state index contributed by atoms with van der Waals surface area (Å²) in [4.78, 5) is 35.2. The molecule has 39 heavy (non-hydrogen) atoms.